The molecule has 1 aromatic rings. The maximum atomic E-state index is 12.3. The van der Waals surface area contributed by atoms with E-state index in [-0.39, 0.29) is 18.1 Å². The van der Waals surface area contributed by atoms with Crippen molar-refractivity contribution in [1.29, 1.82) is 0 Å². The number of amides is 1. The molecule has 3 nitrogen and oxygen atoms in total. The van der Waals surface area contributed by atoms with E-state index in [1.165, 1.54) is 11.1 Å². The van der Waals surface area contributed by atoms with Crippen molar-refractivity contribution >= 4 is 5.91 Å². The molecule has 2 unspecified atom stereocenters. The highest BCUT2D eigenvalue weighted by Crippen LogP contribution is 2.27. The van der Waals surface area contributed by atoms with Crippen LogP contribution in [-0.4, -0.2) is 23.4 Å². The number of benzene rings is 1. The molecule has 0 bridgehead atoms. The fourth-order valence-corrected chi connectivity index (χ4v) is 2.48. The van der Waals surface area contributed by atoms with Gasteiger partial charge in [0.25, 0.3) is 0 Å². The number of carbonyl (C=O) groups excluding carboxylic acids is 1. The Bertz CT molecular complexity index is 425. The third kappa shape index (κ3) is 2.27. The number of aryl methyl sites for hydroxylation is 1. The maximum Gasteiger partial charge on any atom is 0.241 e. The highest BCUT2D eigenvalue weighted by molar-refractivity contribution is 5.84. The second kappa shape index (κ2) is 5.11. The topological polar surface area (TPSA) is 32.3 Å². The zero-order chi connectivity index (χ0) is 13.3. The molecule has 1 aliphatic rings. The molecule has 1 N–H and O–H groups in total. The number of hydrogen-bond donors (Lipinski definition) is 1. The SMILES string of the molecule is CCN1C(=O)C(C(C)C)NC1c1ccc(C)cc1. The van der Waals surface area contributed by atoms with Gasteiger partial charge in [0.05, 0.1) is 6.04 Å². The van der Waals surface area contributed by atoms with E-state index in [1.54, 1.807) is 0 Å². The van der Waals surface area contributed by atoms with Gasteiger partial charge >= 0.3 is 0 Å². The van der Waals surface area contributed by atoms with Crippen molar-refractivity contribution in [3.05, 3.63) is 35.4 Å². The van der Waals surface area contributed by atoms with Gasteiger partial charge in [0.15, 0.2) is 0 Å². The number of likely N-dealkylation sites (N-methyl/N-ethyl adjacent to an activating group) is 1. The predicted octanol–water partition coefficient (Wildman–Crippen LogP) is 2.47. The lowest BCUT2D eigenvalue weighted by Gasteiger charge is -2.23. The van der Waals surface area contributed by atoms with E-state index < -0.39 is 0 Å². The van der Waals surface area contributed by atoms with Crippen LogP contribution in [0.15, 0.2) is 24.3 Å². The van der Waals surface area contributed by atoms with Crippen molar-refractivity contribution in [2.24, 2.45) is 5.92 Å². The standard InChI is InChI=1S/C15H22N2O/c1-5-17-14(12-8-6-11(4)7-9-12)16-13(10(2)3)15(17)18/h6-10,13-14,16H,5H2,1-4H3. The van der Waals surface area contributed by atoms with E-state index in [4.69, 9.17) is 0 Å². The van der Waals surface area contributed by atoms with Crippen LogP contribution in [0.5, 0.6) is 0 Å². The Morgan fingerprint density at radius 2 is 1.89 bits per heavy atom. The van der Waals surface area contributed by atoms with Crippen LogP contribution in [0.2, 0.25) is 0 Å². The normalized spacial score (nSPS) is 24.1. The summed E-state index contributed by atoms with van der Waals surface area (Å²) < 4.78 is 0. The zero-order valence-corrected chi connectivity index (χ0v) is 11.6. The first-order chi connectivity index (χ1) is 8.54. The van der Waals surface area contributed by atoms with Gasteiger partial charge in [-0.25, -0.2) is 0 Å². The van der Waals surface area contributed by atoms with E-state index in [9.17, 15) is 4.79 Å². The molecule has 18 heavy (non-hydrogen) atoms. The molecule has 0 aromatic heterocycles. The molecule has 0 saturated carbocycles. The molecule has 0 spiro atoms. The van der Waals surface area contributed by atoms with Crippen LogP contribution in [-0.2, 0) is 4.79 Å². The van der Waals surface area contributed by atoms with Crippen molar-refractivity contribution in [3.8, 4) is 0 Å². The number of nitrogens with zero attached hydrogens (tertiary/aromatic N) is 1. The van der Waals surface area contributed by atoms with Gasteiger partial charge < -0.3 is 4.90 Å². The Labute approximate surface area is 109 Å². The van der Waals surface area contributed by atoms with Crippen LogP contribution in [0, 0.1) is 12.8 Å². The van der Waals surface area contributed by atoms with Crippen molar-refractivity contribution < 1.29 is 4.79 Å². The van der Waals surface area contributed by atoms with Crippen molar-refractivity contribution in [3.63, 3.8) is 0 Å². The van der Waals surface area contributed by atoms with Gasteiger partial charge in [0, 0.05) is 6.54 Å². The number of hydrogen-bond acceptors (Lipinski definition) is 2. The summed E-state index contributed by atoms with van der Waals surface area (Å²) in [6, 6.07) is 8.34. The molecule has 0 radical (unpaired) electrons. The van der Waals surface area contributed by atoms with Crippen LogP contribution < -0.4 is 5.32 Å². The van der Waals surface area contributed by atoms with E-state index in [2.05, 4.69) is 50.4 Å². The molecule has 1 amide bonds. The number of rotatable bonds is 3. The molecule has 0 aliphatic carbocycles. The number of nitrogens with one attached hydrogen (secondary N) is 1. The van der Waals surface area contributed by atoms with Crippen LogP contribution >= 0.6 is 0 Å². The summed E-state index contributed by atoms with van der Waals surface area (Å²) in [5.74, 6) is 0.542. The van der Waals surface area contributed by atoms with Gasteiger partial charge in [-0.2, -0.15) is 0 Å². The summed E-state index contributed by atoms with van der Waals surface area (Å²) in [6.07, 6.45) is 0.0236. The smallest absolute Gasteiger partial charge is 0.241 e. The van der Waals surface area contributed by atoms with E-state index in [0.29, 0.717) is 5.92 Å². The van der Waals surface area contributed by atoms with Crippen LogP contribution in [0.4, 0.5) is 0 Å². The zero-order valence-electron chi connectivity index (χ0n) is 11.6. The largest absolute Gasteiger partial charge is 0.322 e. The highest BCUT2D eigenvalue weighted by Gasteiger charge is 2.39. The second-order valence-electron chi connectivity index (χ2n) is 5.33. The van der Waals surface area contributed by atoms with Crippen molar-refractivity contribution in [2.75, 3.05) is 6.54 Å². The van der Waals surface area contributed by atoms with Gasteiger partial charge in [-0.05, 0) is 25.3 Å². The van der Waals surface area contributed by atoms with E-state index >= 15 is 0 Å². The quantitative estimate of drug-likeness (QED) is 0.888. The Morgan fingerprint density at radius 1 is 1.28 bits per heavy atom. The fraction of sp³-hybridized carbons (Fsp3) is 0.533. The summed E-state index contributed by atoms with van der Waals surface area (Å²) in [6.45, 7) is 9.02. The van der Waals surface area contributed by atoms with Gasteiger partial charge in [-0.1, -0.05) is 43.7 Å². The van der Waals surface area contributed by atoms with E-state index in [1.807, 2.05) is 11.8 Å². The first kappa shape index (κ1) is 13.1. The third-order valence-corrected chi connectivity index (χ3v) is 3.60. The Kier molecular flexibility index (Phi) is 3.71. The monoisotopic (exact) mass is 246 g/mol. The first-order valence-corrected chi connectivity index (χ1v) is 6.67. The minimum Gasteiger partial charge on any atom is -0.322 e. The lowest BCUT2D eigenvalue weighted by Crippen LogP contribution is -2.34. The Morgan fingerprint density at radius 3 is 2.39 bits per heavy atom. The van der Waals surface area contributed by atoms with Crippen molar-refractivity contribution in [2.45, 2.75) is 39.9 Å². The van der Waals surface area contributed by atoms with Crippen LogP contribution in [0.25, 0.3) is 0 Å². The average Bonchev–Trinajstić information content (AvgIpc) is 2.67. The second-order valence-corrected chi connectivity index (χ2v) is 5.33. The molecular weight excluding hydrogens is 224 g/mol. The molecule has 3 heteroatoms. The lowest BCUT2D eigenvalue weighted by molar-refractivity contribution is -0.130. The summed E-state index contributed by atoms with van der Waals surface area (Å²) >= 11 is 0. The highest BCUT2D eigenvalue weighted by atomic mass is 16.2. The predicted molar refractivity (Wildman–Crippen MR) is 73.1 cm³/mol. The minimum atomic E-state index is -0.0590. The fourth-order valence-electron chi connectivity index (χ4n) is 2.48. The van der Waals surface area contributed by atoms with Crippen molar-refractivity contribution in [1.82, 2.24) is 10.2 Å². The molecule has 2 rings (SSSR count). The van der Waals surface area contributed by atoms with Gasteiger partial charge in [0.1, 0.15) is 6.17 Å². The summed E-state index contributed by atoms with van der Waals surface area (Å²) in [5, 5.41) is 3.45. The minimum absolute atomic E-state index is 0.0236. The molecule has 1 fully saturated rings. The molecule has 1 aromatic carbocycles. The molecule has 1 saturated heterocycles. The van der Waals surface area contributed by atoms with Crippen LogP contribution in [0.3, 0.4) is 0 Å². The summed E-state index contributed by atoms with van der Waals surface area (Å²) in [7, 11) is 0. The molecule has 1 heterocycles. The summed E-state index contributed by atoms with van der Waals surface area (Å²) in [4.78, 5) is 14.2. The lowest BCUT2D eigenvalue weighted by atomic mass is 10.1. The third-order valence-electron chi connectivity index (χ3n) is 3.60. The molecule has 98 valence electrons. The molecule has 2 atom stereocenters. The molecule has 1 aliphatic heterocycles. The van der Waals surface area contributed by atoms with Gasteiger partial charge in [-0.15, -0.1) is 0 Å². The average molecular weight is 246 g/mol. The number of carbonyl (C=O) groups is 1. The van der Waals surface area contributed by atoms with Gasteiger partial charge in [-0.3, -0.25) is 10.1 Å². The van der Waals surface area contributed by atoms with Gasteiger partial charge in [0.2, 0.25) is 5.91 Å². The molecular formula is C15H22N2O. The summed E-state index contributed by atoms with van der Waals surface area (Å²) in [5.41, 5.74) is 2.41. The first-order valence-electron chi connectivity index (χ1n) is 6.67. The Hall–Kier alpha value is -1.35. The Balaban J connectivity index is 2.27. The van der Waals surface area contributed by atoms with E-state index in [0.717, 1.165) is 6.54 Å². The maximum absolute atomic E-state index is 12.3. The van der Waals surface area contributed by atoms with Crippen LogP contribution in [0.1, 0.15) is 38.1 Å².